The number of hydrogen-bond donors (Lipinski definition) is 0. The van der Waals surface area contributed by atoms with Gasteiger partial charge in [0, 0.05) is 11.0 Å². The fourth-order valence-electron chi connectivity index (χ4n) is 2.72. The molecule has 1 aromatic carbocycles. The van der Waals surface area contributed by atoms with Crippen molar-refractivity contribution in [3.05, 3.63) is 56.2 Å². The maximum Gasteiger partial charge on any atom is 0.265 e. The van der Waals surface area contributed by atoms with Gasteiger partial charge in [-0.25, -0.2) is 0 Å². The van der Waals surface area contributed by atoms with Crippen molar-refractivity contribution in [3.8, 4) is 0 Å². The first-order chi connectivity index (χ1) is 9.66. The van der Waals surface area contributed by atoms with Crippen LogP contribution in [0.2, 0.25) is 0 Å². The predicted octanol–water partition coefficient (Wildman–Crippen LogP) is 4.80. The fourth-order valence-corrected chi connectivity index (χ4v) is 4.22. The Hall–Kier alpha value is -1.13. The van der Waals surface area contributed by atoms with E-state index in [1.807, 2.05) is 16.3 Å². The van der Waals surface area contributed by atoms with Crippen molar-refractivity contribution in [1.29, 1.82) is 0 Å². The second-order valence-electron chi connectivity index (χ2n) is 5.16. The third-order valence-corrected chi connectivity index (χ3v) is 5.61. The Bertz CT molecular complexity index is 620. The number of halogens is 1. The molecule has 1 atom stereocenters. The summed E-state index contributed by atoms with van der Waals surface area (Å²) in [6.45, 7) is 2.94. The number of likely N-dealkylation sites (tertiary alicyclic amines) is 1. The number of aryl methyl sites for hydroxylation is 1. The molecule has 20 heavy (non-hydrogen) atoms. The SMILES string of the molecule is Cc1ccc(C2CCCN2C(=O)c2sccc2Br)cc1. The first-order valence-electron chi connectivity index (χ1n) is 6.77. The molecule has 4 heteroatoms. The van der Waals surface area contributed by atoms with Crippen LogP contribution in [0.15, 0.2) is 40.2 Å². The number of carbonyl (C=O) groups excluding carboxylic acids is 1. The van der Waals surface area contributed by atoms with Crippen LogP contribution >= 0.6 is 27.3 Å². The van der Waals surface area contributed by atoms with E-state index in [-0.39, 0.29) is 11.9 Å². The van der Waals surface area contributed by atoms with E-state index in [2.05, 4.69) is 47.1 Å². The number of benzene rings is 1. The molecule has 0 saturated carbocycles. The van der Waals surface area contributed by atoms with E-state index in [0.717, 1.165) is 28.7 Å². The summed E-state index contributed by atoms with van der Waals surface area (Å²) in [5.41, 5.74) is 2.50. The van der Waals surface area contributed by atoms with Gasteiger partial charge in [0.2, 0.25) is 0 Å². The molecule has 1 aliphatic rings. The van der Waals surface area contributed by atoms with Gasteiger partial charge in [0.25, 0.3) is 5.91 Å². The molecule has 3 rings (SSSR count). The average Bonchev–Trinajstić information content (AvgIpc) is 3.07. The van der Waals surface area contributed by atoms with Crippen LogP contribution in [-0.2, 0) is 0 Å². The van der Waals surface area contributed by atoms with Gasteiger partial charge < -0.3 is 4.90 Å². The van der Waals surface area contributed by atoms with Crippen LogP contribution in [0.5, 0.6) is 0 Å². The Balaban J connectivity index is 1.87. The highest BCUT2D eigenvalue weighted by Gasteiger charge is 2.31. The lowest BCUT2D eigenvalue weighted by Crippen LogP contribution is -2.30. The third kappa shape index (κ3) is 2.54. The first-order valence-corrected chi connectivity index (χ1v) is 8.44. The standard InChI is InChI=1S/C16H16BrNOS/c1-11-4-6-12(7-5-11)14-3-2-9-18(14)16(19)15-13(17)8-10-20-15/h4-8,10,14H,2-3,9H2,1H3. The molecule has 104 valence electrons. The Morgan fingerprint density at radius 1 is 1.30 bits per heavy atom. The largest absolute Gasteiger partial charge is 0.331 e. The predicted molar refractivity (Wildman–Crippen MR) is 86.2 cm³/mol. The Morgan fingerprint density at radius 2 is 2.05 bits per heavy atom. The minimum atomic E-state index is 0.148. The number of amides is 1. The van der Waals surface area contributed by atoms with Crippen molar-refractivity contribution in [2.45, 2.75) is 25.8 Å². The zero-order valence-electron chi connectivity index (χ0n) is 11.3. The second kappa shape index (κ2) is 5.70. The van der Waals surface area contributed by atoms with E-state index in [1.54, 1.807) is 0 Å². The van der Waals surface area contributed by atoms with E-state index in [9.17, 15) is 4.79 Å². The van der Waals surface area contributed by atoms with E-state index >= 15 is 0 Å². The molecule has 0 aliphatic carbocycles. The monoisotopic (exact) mass is 349 g/mol. The van der Waals surface area contributed by atoms with Crippen molar-refractivity contribution in [3.63, 3.8) is 0 Å². The highest BCUT2D eigenvalue weighted by Crippen LogP contribution is 2.35. The van der Waals surface area contributed by atoms with Gasteiger partial charge >= 0.3 is 0 Å². The third-order valence-electron chi connectivity index (χ3n) is 3.79. The summed E-state index contributed by atoms with van der Waals surface area (Å²) >= 11 is 4.97. The van der Waals surface area contributed by atoms with Gasteiger partial charge in [-0.1, -0.05) is 29.8 Å². The Morgan fingerprint density at radius 3 is 2.70 bits per heavy atom. The summed E-state index contributed by atoms with van der Waals surface area (Å²) in [7, 11) is 0. The molecule has 1 amide bonds. The van der Waals surface area contributed by atoms with Crippen LogP contribution in [-0.4, -0.2) is 17.4 Å². The number of rotatable bonds is 2. The van der Waals surface area contributed by atoms with Crippen molar-refractivity contribution in [1.82, 2.24) is 4.90 Å². The van der Waals surface area contributed by atoms with Crippen molar-refractivity contribution < 1.29 is 4.79 Å². The van der Waals surface area contributed by atoms with Crippen molar-refractivity contribution >= 4 is 33.2 Å². The molecule has 0 spiro atoms. The lowest BCUT2D eigenvalue weighted by Gasteiger charge is -2.25. The van der Waals surface area contributed by atoms with E-state index in [0.29, 0.717) is 0 Å². The highest BCUT2D eigenvalue weighted by molar-refractivity contribution is 9.10. The topological polar surface area (TPSA) is 20.3 Å². The molecule has 2 nitrogen and oxygen atoms in total. The molecule has 2 heterocycles. The molecule has 0 N–H and O–H groups in total. The zero-order chi connectivity index (χ0) is 14.1. The molecule has 1 unspecified atom stereocenters. The van der Waals surface area contributed by atoms with Crippen LogP contribution < -0.4 is 0 Å². The van der Waals surface area contributed by atoms with Gasteiger partial charge in [0.15, 0.2) is 0 Å². The lowest BCUT2D eigenvalue weighted by atomic mass is 10.0. The molecular weight excluding hydrogens is 334 g/mol. The quantitative estimate of drug-likeness (QED) is 0.762. The summed E-state index contributed by atoms with van der Waals surface area (Å²) in [6, 6.07) is 10.7. The van der Waals surface area contributed by atoms with Gasteiger partial charge in [-0.05, 0) is 52.7 Å². The molecule has 1 aliphatic heterocycles. The average molecular weight is 350 g/mol. The van der Waals surface area contributed by atoms with E-state index in [4.69, 9.17) is 0 Å². The molecule has 0 radical (unpaired) electrons. The molecular formula is C16H16BrNOS. The zero-order valence-corrected chi connectivity index (χ0v) is 13.7. The summed E-state index contributed by atoms with van der Waals surface area (Å²) in [5.74, 6) is 0.148. The van der Waals surface area contributed by atoms with Crippen LogP contribution in [0.3, 0.4) is 0 Å². The summed E-state index contributed by atoms with van der Waals surface area (Å²) in [4.78, 5) is 15.5. The number of nitrogens with zero attached hydrogens (tertiary/aromatic N) is 1. The molecule has 0 bridgehead atoms. The van der Waals surface area contributed by atoms with Gasteiger partial charge in [0.05, 0.1) is 6.04 Å². The normalized spacial score (nSPS) is 18.5. The number of thiophene rings is 1. The summed E-state index contributed by atoms with van der Waals surface area (Å²) < 4.78 is 0.905. The van der Waals surface area contributed by atoms with Gasteiger partial charge in [0.1, 0.15) is 4.88 Å². The fraction of sp³-hybridized carbons (Fsp3) is 0.312. The smallest absolute Gasteiger partial charge is 0.265 e. The van der Waals surface area contributed by atoms with Crippen LogP contribution in [0.25, 0.3) is 0 Å². The van der Waals surface area contributed by atoms with Gasteiger partial charge in [-0.3, -0.25) is 4.79 Å². The second-order valence-corrected chi connectivity index (χ2v) is 6.94. The molecule has 1 fully saturated rings. The number of carbonyl (C=O) groups is 1. The Labute approximate surface area is 131 Å². The minimum absolute atomic E-state index is 0.148. The maximum atomic E-state index is 12.7. The van der Waals surface area contributed by atoms with E-state index in [1.165, 1.54) is 22.5 Å². The minimum Gasteiger partial charge on any atom is -0.331 e. The number of hydrogen-bond acceptors (Lipinski definition) is 2. The lowest BCUT2D eigenvalue weighted by molar-refractivity contribution is 0.0740. The molecule has 1 aromatic heterocycles. The summed E-state index contributed by atoms with van der Waals surface area (Å²) in [5, 5.41) is 1.95. The highest BCUT2D eigenvalue weighted by atomic mass is 79.9. The van der Waals surface area contributed by atoms with Crippen LogP contribution in [0, 0.1) is 6.92 Å². The summed E-state index contributed by atoms with van der Waals surface area (Å²) in [6.07, 6.45) is 2.13. The first kappa shape index (κ1) is 13.8. The Kier molecular flexibility index (Phi) is 3.94. The maximum absolute atomic E-state index is 12.7. The molecule has 2 aromatic rings. The van der Waals surface area contributed by atoms with Gasteiger partial charge in [-0.2, -0.15) is 0 Å². The van der Waals surface area contributed by atoms with E-state index < -0.39 is 0 Å². The van der Waals surface area contributed by atoms with Gasteiger partial charge in [-0.15, -0.1) is 11.3 Å². The van der Waals surface area contributed by atoms with Crippen molar-refractivity contribution in [2.75, 3.05) is 6.54 Å². The van der Waals surface area contributed by atoms with Crippen LogP contribution in [0.1, 0.15) is 39.7 Å². The van der Waals surface area contributed by atoms with Crippen molar-refractivity contribution in [2.24, 2.45) is 0 Å². The molecule has 1 saturated heterocycles. The van der Waals surface area contributed by atoms with Crippen LogP contribution in [0.4, 0.5) is 0 Å².